The number of unbranched alkanes of at least 4 members (excludes halogenated alkanes) is 6. The van der Waals surface area contributed by atoms with Gasteiger partial charge in [0.1, 0.15) is 22.1 Å². The Morgan fingerprint density at radius 3 is 1.09 bits per heavy atom. The van der Waals surface area contributed by atoms with Crippen LogP contribution in [0.3, 0.4) is 0 Å². The van der Waals surface area contributed by atoms with E-state index in [-0.39, 0.29) is 36.6 Å². The number of nitrogens with two attached hydrogens (primary N) is 2. The largest absolute Gasteiger partial charge is 1.00 e. The third kappa shape index (κ3) is 13.2. The summed E-state index contributed by atoms with van der Waals surface area (Å²) in [6.45, 7) is 11.2. The molecule has 410 valence electrons. The van der Waals surface area contributed by atoms with E-state index in [0.29, 0.717) is 24.2 Å². The molecule has 10 rings (SSSR count). The summed E-state index contributed by atoms with van der Waals surface area (Å²) < 4.78 is 4.50. The minimum atomic E-state index is -0.0754. The number of hydrogen-bond acceptors (Lipinski definition) is 8. The summed E-state index contributed by atoms with van der Waals surface area (Å²) in [5.41, 5.74) is 33.8. The lowest BCUT2D eigenvalue weighted by molar-refractivity contribution is -0.538. The first kappa shape index (κ1) is 57.8. The number of anilines is 4. The Morgan fingerprint density at radius 2 is 0.725 bits per heavy atom. The molecule has 14 heteroatoms. The van der Waals surface area contributed by atoms with E-state index in [1.54, 1.807) is 0 Å². The van der Waals surface area contributed by atoms with E-state index in [1.165, 1.54) is 0 Å². The zero-order valence-electron chi connectivity index (χ0n) is 46.0. The molecule has 2 amide bonds. The van der Waals surface area contributed by atoms with E-state index >= 15 is 0 Å². The standard InChI is InChI=1S/C66H68N10O2.2ClH/c1-43-35-57-61(39-53(43)67)75(51-19-11-9-12-20-51)63-41-55(45(3)37-59(63)73-57)69-31-15-5-7-17-33-71-65(77)49-27-23-47(24-28-49)48-25-29-50(30-26-48)66(78)72-34-18-8-6-16-32-70-56-42-64-60(38-46(56)4)74-58-36-44(2)54(68)40-62(58)76(64)52-21-13-10-14-22-52;;/h9-14,19-30,35-42H,5-8,15-18,31-34H2,1-4H3,(H6,67,68,69,70,71,72,77,78);2*1H. The number of nitrogens with zero attached hydrogens (tertiary/aromatic N) is 4. The molecular weight excluding hydrogens is 1040 g/mol. The lowest BCUT2D eigenvalue weighted by Gasteiger charge is -2.12. The summed E-state index contributed by atoms with van der Waals surface area (Å²) in [7, 11) is 0. The Labute approximate surface area is 481 Å². The van der Waals surface area contributed by atoms with E-state index in [2.05, 4.69) is 129 Å². The highest BCUT2D eigenvalue weighted by molar-refractivity contribution is 5.96. The van der Waals surface area contributed by atoms with Crippen molar-refractivity contribution < 1.29 is 43.5 Å². The van der Waals surface area contributed by atoms with Gasteiger partial charge in [0.05, 0.1) is 0 Å². The molecule has 0 aliphatic heterocycles. The first-order valence-electron chi connectivity index (χ1n) is 27.5. The predicted octanol–water partition coefficient (Wildman–Crippen LogP) is 6.52. The number of hydrogen-bond donors (Lipinski definition) is 6. The van der Waals surface area contributed by atoms with Crippen LogP contribution in [-0.2, 0) is 0 Å². The van der Waals surface area contributed by atoms with Crippen LogP contribution in [0.4, 0.5) is 22.7 Å². The Hall–Kier alpha value is -8.32. The van der Waals surface area contributed by atoms with Crippen LogP contribution in [0.2, 0.25) is 0 Å². The van der Waals surface area contributed by atoms with Crippen molar-refractivity contribution in [2.24, 2.45) is 0 Å². The molecule has 0 aliphatic rings. The fraction of sp³-hybridized carbons (Fsp3) is 0.242. The number of benzene rings is 8. The maximum absolute atomic E-state index is 13.0. The van der Waals surface area contributed by atoms with Crippen LogP contribution in [-0.4, -0.2) is 48.0 Å². The van der Waals surface area contributed by atoms with Crippen LogP contribution < -0.4 is 66.7 Å². The monoisotopic (exact) mass is 1100 g/mol. The highest BCUT2D eigenvalue weighted by atomic mass is 35.5. The summed E-state index contributed by atoms with van der Waals surface area (Å²) in [5, 5.41) is 13.5. The number of carbonyl (C=O) groups is 2. The Bertz CT molecular complexity index is 3550. The van der Waals surface area contributed by atoms with Gasteiger partial charge in [-0.1, -0.05) is 86.3 Å². The molecule has 10 aromatic rings. The first-order valence-corrected chi connectivity index (χ1v) is 27.5. The molecule has 0 fully saturated rings. The van der Waals surface area contributed by atoms with Crippen molar-refractivity contribution in [1.82, 2.24) is 20.6 Å². The molecule has 0 atom stereocenters. The number of amides is 2. The molecule has 12 nitrogen and oxygen atoms in total. The number of halogens is 2. The maximum Gasteiger partial charge on any atom is 0.251 e. The predicted molar refractivity (Wildman–Crippen MR) is 320 cm³/mol. The number of para-hydroxylation sites is 2. The maximum atomic E-state index is 13.0. The average molecular weight is 1110 g/mol. The number of nitrogen functional groups attached to an aromatic ring is 2. The number of fused-ring (bicyclic) bond motifs is 4. The van der Waals surface area contributed by atoms with E-state index in [1.807, 2.05) is 86.6 Å². The van der Waals surface area contributed by atoms with Crippen molar-refractivity contribution in [2.45, 2.75) is 79.1 Å². The molecule has 8 aromatic carbocycles. The molecule has 0 unspecified atom stereocenters. The highest BCUT2D eigenvalue weighted by Gasteiger charge is 2.24. The first-order chi connectivity index (χ1) is 38.0. The second-order valence-corrected chi connectivity index (χ2v) is 20.6. The molecule has 0 saturated heterocycles. The molecule has 0 aliphatic carbocycles. The SMILES string of the molecule is Cc1cc2nc3cc(C)c(NCCCCCCNC(=O)c4ccc(-c5ccc(C(=O)NCCCCCCNc6cc7c(cc6C)nc6cc(C)c(N)cc6[n+]7-c6ccccc6)cc5)cc4)cc3[n+](-c3ccccc3)c2cc1N.[Cl-].[Cl-]. The molecule has 0 radical (unpaired) electrons. The molecule has 0 saturated carbocycles. The van der Waals surface area contributed by atoms with Gasteiger partial charge in [0.15, 0.2) is 0 Å². The van der Waals surface area contributed by atoms with Gasteiger partial charge in [0, 0.05) is 109 Å². The second-order valence-electron chi connectivity index (χ2n) is 20.6. The molecular formula is C66H70Cl2N10O2. The normalized spacial score (nSPS) is 11.1. The summed E-state index contributed by atoms with van der Waals surface area (Å²) in [5.74, 6) is -0.151. The number of carbonyl (C=O) groups excluding carboxylic acids is 2. The molecule has 0 spiro atoms. The zero-order chi connectivity index (χ0) is 54.1. The molecule has 8 N–H and O–H groups in total. The minimum absolute atomic E-state index is 0. The second kappa shape index (κ2) is 26.6. The van der Waals surface area contributed by atoms with E-state index in [0.717, 1.165) is 176 Å². The molecule has 80 heavy (non-hydrogen) atoms. The van der Waals surface area contributed by atoms with Gasteiger partial charge in [-0.15, -0.1) is 9.13 Å². The summed E-state index contributed by atoms with van der Waals surface area (Å²) in [4.78, 5) is 36.2. The molecule has 2 aromatic heterocycles. The number of aryl methyl sites for hydroxylation is 4. The average Bonchev–Trinajstić information content (AvgIpc) is 3.54. The number of nitrogens with one attached hydrogen (secondary N) is 4. The van der Waals surface area contributed by atoms with Gasteiger partial charge in [-0.3, -0.25) is 9.59 Å². The van der Waals surface area contributed by atoms with Gasteiger partial charge in [0.2, 0.25) is 33.4 Å². The Morgan fingerprint density at radius 1 is 0.400 bits per heavy atom. The molecule has 2 heterocycles. The van der Waals surface area contributed by atoms with Gasteiger partial charge >= 0.3 is 0 Å². The number of aromatic nitrogens is 4. The fourth-order valence-electron chi connectivity index (χ4n) is 10.3. The van der Waals surface area contributed by atoms with E-state index < -0.39 is 0 Å². The number of rotatable bonds is 21. The topological polar surface area (TPSA) is 168 Å². The van der Waals surface area contributed by atoms with Gasteiger partial charge in [-0.05, 0) is 135 Å². The van der Waals surface area contributed by atoms with Crippen molar-refractivity contribution >= 4 is 78.7 Å². The van der Waals surface area contributed by atoms with Crippen molar-refractivity contribution in [3.63, 3.8) is 0 Å². The lowest BCUT2D eigenvalue weighted by Crippen LogP contribution is -3.00. The summed E-state index contributed by atoms with van der Waals surface area (Å²) >= 11 is 0. The third-order valence-electron chi connectivity index (χ3n) is 14.9. The van der Waals surface area contributed by atoms with Crippen molar-refractivity contribution in [3.8, 4) is 22.5 Å². The van der Waals surface area contributed by atoms with Crippen molar-refractivity contribution in [3.05, 3.63) is 191 Å². The molecule has 0 bridgehead atoms. The van der Waals surface area contributed by atoms with Crippen molar-refractivity contribution in [2.75, 3.05) is 48.3 Å². The Balaban J connectivity index is 0.00000420. The van der Waals surface area contributed by atoms with Crippen LogP contribution in [0.25, 0.3) is 66.6 Å². The summed E-state index contributed by atoms with van der Waals surface area (Å²) in [6.07, 6.45) is 8.00. The van der Waals surface area contributed by atoms with Gasteiger partial charge in [0.25, 0.3) is 11.8 Å². The Kier molecular flexibility index (Phi) is 19.2. The van der Waals surface area contributed by atoms with Crippen LogP contribution >= 0.6 is 0 Å². The van der Waals surface area contributed by atoms with Crippen molar-refractivity contribution in [1.29, 1.82) is 0 Å². The highest BCUT2D eigenvalue weighted by Crippen LogP contribution is 2.29. The van der Waals surface area contributed by atoms with Gasteiger partial charge in [-0.2, -0.15) is 0 Å². The van der Waals surface area contributed by atoms with E-state index in [9.17, 15) is 9.59 Å². The van der Waals surface area contributed by atoms with Crippen LogP contribution in [0.1, 0.15) is 94.3 Å². The quantitative estimate of drug-likeness (QED) is 0.0205. The van der Waals surface area contributed by atoms with E-state index in [4.69, 9.17) is 21.4 Å². The third-order valence-corrected chi connectivity index (χ3v) is 14.9. The van der Waals surface area contributed by atoms with Gasteiger partial charge in [-0.25, -0.2) is 9.97 Å². The minimum Gasteiger partial charge on any atom is -1.00 e. The zero-order valence-corrected chi connectivity index (χ0v) is 47.5. The fourth-order valence-corrected chi connectivity index (χ4v) is 10.3. The van der Waals surface area contributed by atoms with Crippen LogP contribution in [0, 0.1) is 27.7 Å². The summed E-state index contributed by atoms with van der Waals surface area (Å²) in [6, 6.07) is 52.9. The van der Waals surface area contributed by atoms with Crippen LogP contribution in [0.5, 0.6) is 0 Å². The smallest absolute Gasteiger partial charge is 0.251 e. The lowest BCUT2D eigenvalue weighted by atomic mass is 10.0. The van der Waals surface area contributed by atoms with Gasteiger partial charge < -0.3 is 57.5 Å². The van der Waals surface area contributed by atoms with Crippen LogP contribution in [0.15, 0.2) is 158 Å².